The molecule has 4 amide bonds. The lowest BCUT2D eigenvalue weighted by Crippen LogP contribution is -2.51. The third kappa shape index (κ3) is 13.2. The van der Waals surface area contributed by atoms with E-state index in [1.807, 2.05) is 45.9 Å². The molecule has 2 aromatic heterocycles. The number of alkyl halides is 6. The molecule has 306 valence electrons. The van der Waals surface area contributed by atoms with Crippen LogP contribution in [0.2, 0.25) is 0 Å². The Kier molecular flexibility index (Phi) is 13.6. The number of aromatic nitrogens is 4. The highest BCUT2D eigenvalue weighted by Crippen LogP contribution is 2.32. The number of amides is 4. The Morgan fingerprint density at radius 3 is 1.63 bits per heavy atom. The summed E-state index contributed by atoms with van der Waals surface area (Å²) in [6.07, 6.45) is -8.70. The van der Waals surface area contributed by atoms with Crippen LogP contribution in [0.3, 0.4) is 0 Å². The quantitative estimate of drug-likeness (QED) is 0.0461. The van der Waals surface area contributed by atoms with Crippen LogP contribution in [0.25, 0.3) is 21.8 Å². The second-order valence-corrected chi connectivity index (χ2v) is 14.8. The maximum Gasteiger partial charge on any atom is 0.451 e. The molecule has 0 saturated carbocycles. The lowest BCUT2D eigenvalue weighted by Gasteiger charge is -2.33. The number of hydrogen-bond donors (Lipinski definition) is 6. The number of rotatable bonds is 10. The van der Waals surface area contributed by atoms with Crippen LogP contribution < -0.4 is 37.1 Å². The van der Waals surface area contributed by atoms with Crippen LogP contribution in [0.1, 0.15) is 63.8 Å². The number of ether oxygens (including phenoxy) is 1. The van der Waals surface area contributed by atoms with Crippen LogP contribution >= 0.6 is 0 Å². The fourth-order valence-corrected chi connectivity index (χ4v) is 5.87. The number of hydrazine groups is 2. The number of nitrogens with one attached hydrogen (secondary N) is 6. The van der Waals surface area contributed by atoms with Crippen molar-refractivity contribution in [2.24, 2.45) is 5.41 Å². The molecule has 13 nitrogen and oxygen atoms in total. The molecule has 0 aliphatic heterocycles. The first-order valence-electron chi connectivity index (χ1n) is 17.5. The van der Waals surface area contributed by atoms with E-state index in [2.05, 4.69) is 73.0 Å². The minimum atomic E-state index is -4.71. The first-order valence-corrected chi connectivity index (χ1v) is 17.5. The highest BCUT2D eigenvalue weighted by Gasteiger charge is 2.36. The van der Waals surface area contributed by atoms with Crippen molar-refractivity contribution in [1.82, 2.24) is 41.4 Å². The summed E-state index contributed by atoms with van der Waals surface area (Å²) in [7, 11) is 0. The average molecular weight is 803 g/mol. The van der Waals surface area contributed by atoms with Crippen LogP contribution in [0.5, 0.6) is 5.75 Å². The van der Waals surface area contributed by atoms with Gasteiger partial charge in [0.1, 0.15) is 12.4 Å². The fourth-order valence-electron chi connectivity index (χ4n) is 5.87. The van der Waals surface area contributed by atoms with E-state index in [-0.39, 0.29) is 41.2 Å². The summed E-state index contributed by atoms with van der Waals surface area (Å²) in [6.45, 7) is 14.2. The number of halogens is 6. The third-order valence-electron chi connectivity index (χ3n) is 7.70. The number of carbonyl (C=O) groups excluding carboxylic acids is 2. The van der Waals surface area contributed by atoms with E-state index in [4.69, 9.17) is 4.74 Å². The largest absolute Gasteiger partial charge is 0.491 e. The van der Waals surface area contributed by atoms with E-state index < -0.39 is 41.6 Å². The number of para-hydroxylation sites is 2. The van der Waals surface area contributed by atoms with Crippen molar-refractivity contribution in [2.45, 2.75) is 72.8 Å². The van der Waals surface area contributed by atoms with Crippen molar-refractivity contribution in [3.8, 4) is 5.75 Å². The number of urea groups is 2. The predicted octanol–water partition coefficient (Wildman–Crippen LogP) is 8.46. The number of benzene rings is 3. The van der Waals surface area contributed by atoms with Gasteiger partial charge in [0.05, 0.1) is 17.6 Å². The Hall–Kier alpha value is -6.14. The lowest BCUT2D eigenvalue weighted by molar-refractivity contribution is -0.145. The maximum atomic E-state index is 13.0. The molecule has 5 rings (SSSR count). The van der Waals surface area contributed by atoms with E-state index in [0.717, 1.165) is 11.1 Å². The molecule has 57 heavy (non-hydrogen) atoms. The van der Waals surface area contributed by atoms with Gasteiger partial charge < -0.3 is 15.4 Å². The molecule has 2 heterocycles. The Morgan fingerprint density at radius 2 is 1.16 bits per heavy atom. The Bertz CT molecular complexity index is 2190. The standard InChI is InChI=1S/C20H20F3N5O2.C18H24F3N5O/c1-12-7-8-16(13(2)11-12)30-10-9-24-19(29)28-27-17-14-5-3-4-6-15(14)25-18(26-17)20(21,22)23;1-16(2,3)10-17(4,5)24-15(27)26-25-13-11-8-6-7-9-12(11)22-14(23-13)18(19,20)21/h3-8,11H,9-10H2,1-2H3,(H2,24,28,29)(H,25,26,27);6-9H,10H2,1-5H3,(H,22,23,25)(H2,24,26,27). The Labute approximate surface area is 324 Å². The van der Waals surface area contributed by atoms with Gasteiger partial charge in [-0.15, -0.1) is 0 Å². The van der Waals surface area contributed by atoms with Crippen molar-refractivity contribution < 1.29 is 40.7 Å². The summed E-state index contributed by atoms with van der Waals surface area (Å²) >= 11 is 0. The van der Waals surface area contributed by atoms with Crippen LogP contribution in [-0.4, -0.2) is 50.7 Å². The zero-order chi connectivity index (χ0) is 42.2. The predicted molar refractivity (Wildman–Crippen MR) is 204 cm³/mol. The molecule has 0 saturated heterocycles. The number of anilines is 2. The molecular weight excluding hydrogens is 758 g/mol. The van der Waals surface area contributed by atoms with Gasteiger partial charge in [-0.1, -0.05) is 62.7 Å². The molecule has 6 N–H and O–H groups in total. The number of aryl methyl sites for hydroxylation is 2. The van der Waals surface area contributed by atoms with Crippen LogP contribution in [0, 0.1) is 19.3 Å². The SMILES string of the molecule is CC(C)(C)CC(C)(C)NC(=O)NNc1nc(C(F)(F)F)nc2ccccc12.Cc1ccc(OCCNC(=O)NNc2nc(C(F)(F)F)nc3ccccc23)c(C)c1. The van der Waals surface area contributed by atoms with Gasteiger partial charge in [-0.25, -0.2) is 29.5 Å². The summed E-state index contributed by atoms with van der Waals surface area (Å²) < 4.78 is 83.7. The van der Waals surface area contributed by atoms with Crippen LogP contribution in [0.4, 0.5) is 47.6 Å². The fraction of sp³-hybridized carbons (Fsp3) is 0.368. The molecule has 0 fully saturated rings. The van der Waals surface area contributed by atoms with Gasteiger partial charge >= 0.3 is 24.4 Å². The van der Waals surface area contributed by atoms with Crippen molar-refractivity contribution in [2.75, 3.05) is 24.0 Å². The molecule has 0 spiro atoms. The summed E-state index contributed by atoms with van der Waals surface area (Å²) in [5.41, 5.74) is 11.3. The smallest absolute Gasteiger partial charge is 0.451 e. The number of fused-ring (bicyclic) bond motifs is 2. The summed E-state index contributed by atoms with van der Waals surface area (Å²) in [4.78, 5) is 38.2. The average Bonchev–Trinajstić information content (AvgIpc) is 3.10. The first kappa shape index (κ1) is 43.6. The third-order valence-corrected chi connectivity index (χ3v) is 7.70. The molecule has 5 aromatic rings. The van der Waals surface area contributed by atoms with Crippen molar-refractivity contribution in [1.29, 1.82) is 0 Å². The normalized spacial score (nSPS) is 11.9. The lowest BCUT2D eigenvalue weighted by atomic mass is 9.82. The highest BCUT2D eigenvalue weighted by molar-refractivity contribution is 5.91. The zero-order valence-corrected chi connectivity index (χ0v) is 32.3. The highest BCUT2D eigenvalue weighted by atomic mass is 19.4. The number of nitrogens with zero attached hydrogens (tertiary/aromatic N) is 4. The Balaban J connectivity index is 0.000000254. The number of carbonyl (C=O) groups is 2. The monoisotopic (exact) mass is 802 g/mol. The van der Waals surface area contributed by atoms with Gasteiger partial charge in [-0.05, 0) is 75.4 Å². The van der Waals surface area contributed by atoms with E-state index in [1.54, 1.807) is 36.4 Å². The minimum Gasteiger partial charge on any atom is -0.491 e. The summed E-state index contributed by atoms with van der Waals surface area (Å²) in [5.74, 6) is -2.15. The Morgan fingerprint density at radius 1 is 0.667 bits per heavy atom. The summed E-state index contributed by atoms with van der Waals surface area (Å²) in [5, 5.41) is 6.04. The molecule has 0 bridgehead atoms. The zero-order valence-electron chi connectivity index (χ0n) is 32.3. The molecule has 19 heteroatoms. The second kappa shape index (κ2) is 17.8. The van der Waals surface area contributed by atoms with Gasteiger partial charge in [0.2, 0.25) is 11.6 Å². The van der Waals surface area contributed by atoms with E-state index >= 15 is 0 Å². The second-order valence-electron chi connectivity index (χ2n) is 14.8. The van der Waals surface area contributed by atoms with Gasteiger partial charge in [0, 0.05) is 16.3 Å². The molecule has 3 aromatic carbocycles. The molecule has 0 atom stereocenters. The van der Waals surface area contributed by atoms with E-state index in [9.17, 15) is 35.9 Å². The minimum absolute atomic E-state index is 0.00528. The van der Waals surface area contributed by atoms with Crippen molar-refractivity contribution in [3.05, 3.63) is 89.5 Å². The molecular formula is C38H44F6N10O3. The molecule has 0 aliphatic carbocycles. The summed E-state index contributed by atoms with van der Waals surface area (Å²) in [6, 6.07) is 17.0. The topological polar surface area (TPSA) is 167 Å². The van der Waals surface area contributed by atoms with E-state index in [1.165, 1.54) is 12.1 Å². The van der Waals surface area contributed by atoms with Crippen molar-refractivity contribution >= 4 is 45.5 Å². The van der Waals surface area contributed by atoms with Gasteiger partial charge in [-0.3, -0.25) is 21.7 Å². The molecule has 0 unspecified atom stereocenters. The molecule has 0 aliphatic rings. The number of hydrogen-bond acceptors (Lipinski definition) is 9. The molecule has 0 radical (unpaired) electrons. The van der Waals surface area contributed by atoms with Gasteiger partial charge in [0.15, 0.2) is 11.6 Å². The van der Waals surface area contributed by atoms with Crippen molar-refractivity contribution in [3.63, 3.8) is 0 Å². The van der Waals surface area contributed by atoms with Crippen LogP contribution in [0.15, 0.2) is 66.7 Å². The van der Waals surface area contributed by atoms with E-state index in [0.29, 0.717) is 22.9 Å². The maximum absolute atomic E-state index is 13.0. The van der Waals surface area contributed by atoms with Gasteiger partial charge in [-0.2, -0.15) is 26.3 Å². The van der Waals surface area contributed by atoms with Crippen LogP contribution in [-0.2, 0) is 12.4 Å². The first-order chi connectivity index (χ1) is 26.5. The van der Waals surface area contributed by atoms with Gasteiger partial charge in [0.25, 0.3) is 0 Å².